The maximum Gasteiger partial charge on any atom is 0.124 e. The second-order valence-corrected chi connectivity index (χ2v) is 18.9. The van der Waals surface area contributed by atoms with E-state index in [-0.39, 0.29) is 16.6 Å². The molecule has 0 saturated carbocycles. The van der Waals surface area contributed by atoms with Crippen molar-refractivity contribution in [1.82, 2.24) is 14.5 Å². The van der Waals surface area contributed by atoms with Crippen molar-refractivity contribution in [3.63, 3.8) is 0 Å². The fourth-order valence-electron chi connectivity index (χ4n) is 8.96. The van der Waals surface area contributed by atoms with E-state index in [9.17, 15) is 5.11 Å². The van der Waals surface area contributed by atoms with Crippen molar-refractivity contribution in [2.45, 2.75) is 52.4 Å². The smallest absolute Gasteiger partial charge is 0.124 e. The van der Waals surface area contributed by atoms with Gasteiger partial charge in [0.2, 0.25) is 0 Å². The lowest BCUT2D eigenvalue weighted by atomic mass is 9.79. The predicted molar refractivity (Wildman–Crippen MR) is 268 cm³/mol. The maximum atomic E-state index is 11.2. The van der Waals surface area contributed by atoms with Gasteiger partial charge >= 0.3 is 0 Å². The third-order valence-corrected chi connectivity index (χ3v) is 12.5. The first kappa shape index (κ1) is 40.5. The molecule has 0 aliphatic carbocycles. The Morgan fingerprint density at radius 2 is 1.02 bits per heavy atom. The van der Waals surface area contributed by atoms with Crippen molar-refractivity contribution < 1.29 is 5.11 Å². The highest BCUT2D eigenvalue weighted by molar-refractivity contribution is 6.14. The normalized spacial score (nSPS) is 12.0. The first-order chi connectivity index (χ1) is 30.9. The second-order valence-electron chi connectivity index (χ2n) is 18.9. The van der Waals surface area contributed by atoms with E-state index in [4.69, 9.17) is 9.97 Å². The summed E-state index contributed by atoms with van der Waals surface area (Å²) in [6.45, 7) is 13.6. The SMILES string of the molecule is CC(C)(C)c1cc(-c2cc(-c3ccc(-c4ccccc4)c(-c4cc(-c5cccc6c7ccccc7n(-c7ccccc7)c56)ccn4)c3)nc(-c3ccccc3O)c2)cc(C(C)(C)C)c1. The summed E-state index contributed by atoms with van der Waals surface area (Å²) in [6, 6.07) is 66.2. The van der Waals surface area contributed by atoms with Crippen LogP contribution in [0.15, 0.2) is 194 Å². The average Bonchev–Trinajstić information content (AvgIpc) is 3.66. The van der Waals surface area contributed by atoms with Crippen molar-refractivity contribution in [3.05, 3.63) is 205 Å². The molecule has 0 spiro atoms. The van der Waals surface area contributed by atoms with Gasteiger partial charge in [-0.15, -0.1) is 0 Å². The summed E-state index contributed by atoms with van der Waals surface area (Å²) >= 11 is 0. The second kappa shape index (κ2) is 16.0. The molecule has 0 bridgehead atoms. The Labute approximate surface area is 376 Å². The van der Waals surface area contributed by atoms with E-state index in [1.807, 2.05) is 24.4 Å². The Kier molecular flexibility index (Phi) is 10.1. The summed E-state index contributed by atoms with van der Waals surface area (Å²) in [5, 5.41) is 13.6. The lowest BCUT2D eigenvalue weighted by molar-refractivity contribution is 0.477. The van der Waals surface area contributed by atoms with Crippen LogP contribution in [0.3, 0.4) is 0 Å². The molecule has 312 valence electrons. The molecule has 10 rings (SSSR count). The van der Waals surface area contributed by atoms with E-state index in [0.717, 1.165) is 67.1 Å². The van der Waals surface area contributed by atoms with Crippen LogP contribution in [-0.2, 0) is 10.8 Å². The van der Waals surface area contributed by atoms with Gasteiger partial charge < -0.3 is 9.67 Å². The van der Waals surface area contributed by atoms with Crippen LogP contribution in [0.25, 0.3) is 94.6 Å². The van der Waals surface area contributed by atoms with Crippen LogP contribution >= 0.6 is 0 Å². The van der Waals surface area contributed by atoms with Gasteiger partial charge in [0.1, 0.15) is 5.75 Å². The van der Waals surface area contributed by atoms with Crippen molar-refractivity contribution in [2.24, 2.45) is 0 Å². The zero-order chi connectivity index (χ0) is 44.2. The number of hydrogen-bond acceptors (Lipinski definition) is 3. The number of aromatic hydroxyl groups is 1. The van der Waals surface area contributed by atoms with Crippen LogP contribution in [-0.4, -0.2) is 19.6 Å². The quantitative estimate of drug-likeness (QED) is 0.174. The van der Waals surface area contributed by atoms with Gasteiger partial charge in [-0.25, -0.2) is 4.98 Å². The Balaban J connectivity index is 1.19. The fraction of sp³-hybridized carbons (Fsp3) is 0.133. The first-order valence-electron chi connectivity index (χ1n) is 22.1. The predicted octanol–water partition coefficient (Wildman–Crippen LogP) is 15.9. The standard InChI is InChI=1S/C60H51N3O/c1-59(2,3)44-32-42(33-45(38-44)60(4,5)6)43-36-53(62-55(37-43)51-23-14-16-27-57(51)64)41-28-29-47(39-18-9-7-10-19-39)52(34-41)54-35-40(30-31-61-54)48-24-17-25-50-49-22-13-15-26-56(49)63(58(48)50)46-20-11-8-12-21-46/h7-38,64H,1-6H3. The van der Waals surface area contributed by atoms with Crippen LogP contribution in [0.4, 0.5) is 0 Å². The van der Waals surface area contributed by atoms with Crippen molar-refractivity contribution in [1.29, 1.82) is 0 Å². The Morgan fingerprint density at radius 1 is 0.406 bits per heavy atom. The number of rotatable bonds is 7. The highest BCUT2D eigenvalue weighted by atomic mass is 16.3. The van der Waals surface area contributed by atoms with Crippen molar-refractivity contribution >= 4 is 21.8 Å². The van der Waals surface area contributed by atoms with E-state index in [1.165, 1.54) is 27.4 Å². The molecule has 3 aromatic heterocycles. The van der Waals surface area contributed by atoms with E-state index in [2.05, 4.69) is 210 Å². The molecule has 0 aliphatic rings. The number of aromatic nitrogens is 3. The Morgan fingerprint density at radius 3 is 1.75 bits per heavy atom. The van der Waals surface area contributed by atoms with Crippen LogP contribution in [0.1, 0.15) is 52.7 Å². The summed E-state index contributed by atoms with van der Waals surface area (Å²) in [6.07, 6.45) is 1.94. The molecule has 4 heteroatoms. The number of benzene rings is 7. The van der Waals surface area contributed by atoms with Crippen LogP contribution in [0, 0.1) is 0 Å². The number of hydrogen-bond donors (Lipinski definition) is 1. The van der Waals surface area contributed by atoms with E-state index < -0.39 is 0 Å². The number of phenols is 1. The summed E-state index contributed by atoms with van der Waals surface area (Å²) in [4.78, 5) is 10.4. The molecule has 4 nitrogen and oxygen atoms in total. The van der Waals surface area contributed by atoms with Crippen LogP contribution in [0.5, 0.6) is 5.75 Å². The largest absolute Gasteiger partial charge is 0.507 e. The Hall–Kier alpha value is -7.56. The lowest BCUT2D eigenvalue weighted by Crippen LogP contribution is -2.16. The molecule has 3 heterocycles. The van der Waals surface area contributed by atoms with Gasteiger partial charge in [0, 0.05) is 44.9 Å². The van der Waals surface area contributed by atoms with Crippen LogP contribution < -0.4 is 0 Å². The van der Waals surface area contributed by atoms with Gasteiger partial charge in [-0.3, -0.25) is 4.98 Å². The van der Waals surface area contributed by atoms with Crippen molar-refractivity contribution in [2.75, 3.05) is 0 Å². The summed E-state index contributed by atoms with van der Waals surface area (Å²) < 4.78 is 2.39. The summed E-state index contributed by atoms with van der Waals surface area (Å²) in [7, 11) is 0. The molecule has 1 N–H and O–H groups in total. The lowest BCUT2D eigenvalue weighted by Gasteiger charge is -2.26. The average molecular weight is 830 g/mol. The molecule has 64 heavy (non-hydrogen) atoms. The van der Waals surface area contributed by atoms with Gasteiger partial charge in [-0.1, -0.05) is 169 Å². The van der Waals surface area contributed by atoms with E-state index >= 15 is 0 Å². The van der Waals surface area contributed by atoms with Gasteiger partial charge in [-0.05, 0) is 110 Å². The molecule has 0 radical (unpaired) electrons. The first-order valence-corrected chi connectivity index (χ1v) is 22.1. The maximum absolute atomic E-state index is 11.2. The van der Waals surface area contributed by atoms with Gasteiger partial charge in [0.05, 0.1) is 28.1 Å². The Bertz CT molecular complexity index is 3320. The number of nitrogens with zero attached hydrogens (tertiary/aromatic N) is 3. The minimum atomic E-state index is -0.0558. The number of para-hydroxylation sites is 4. The highest BCUT2D eigenvalue weighted by Gasteiger charge is 2.23. The topological polar surface area (TPSA) is 50.9 Å². The van der Waals surface area contributed by atoms with Crippen molar-refractivity contribution in [3.8, 4) is 78.6 Å². The molecule has 7 aromatic carbocycles. The molecule has 0 saturated heterocycles. The third-order valence-electron chi connectivity index (χ3n) is 12.5. The van der Waals surface area contributed by atoms with Gasteiger partial charge in [0.25, 0.3) is 0 Å². The molecular weight excluding hydrogens is 779 g/mol. The van der Waals surface area contributed by atoms with E-state index in [1.54, 1.807) is 6.07 Å². The third kappa shape index (κ3) is 7.56. The number of pyridine rings is 2. The molecule has 0 fully saturated rings. The number of phenolic OH excluding ortho intramolecular Hbond substituents is 1. The van der Waals surface area contributed by atoms with E-state index in [0.29, 0.717) is 11.3 Å². The molecule has 10 aromatic rings. The molecule has 0 amide bonds. The minimum Gasteiger partial charge on any atom is -0.507 e. The molecular formula is C60H51N3O. The number of fused-ring (bicyclic) bond motifs is 3. The fourth-order valence-corrected chi connectivity index (χ4v) is 8.96. The summed E-state index contributed by atoms with van der Waals surface area (Å²) in [5.41, 5.74) is 17.5. The molecule has 0 atom stereocenters. The van der Waals surface area contributed by atoms with Gasteiger partial charge in [-0.2, -0.15) is 0 Å². The monoisotopic (exact) mass is 829 g/mol. The minimum absolute atomic E-state index is 0.0558. The highest BCUT2D eigenvalue weighted by Crippen LogP contribution is 2.42. The van der Waals surface area contributed by atoms with Gasteiger partial charge in [0.15, 0.2) is 0 Å². The summed E-state index contributed by atoms with van der Waals surface area (Å²) in [5.74, 6) is 0.194. The zero-order valence-corrected chi connectivity index (χ0v) is 37.3. The van der Waals surface area contributed by atoms with Crippen LogP contribution in [0.2, 0.25) is 0 Å². The molecule has 0 unspecified atom stereocenters. The zero-order valence-electron chi connectivity index (χ0n) is 37.3. The molecule has 0 aliphatic heterocycles.